The first-order valence-electron chi connectivity index (χ1n) is 11.1. The summed E-state index contributed by atoms with van der Waals surface area (Å²) in [5, 5.41) is 0. The molecule has 0 saturated carbocycles. The Bertz CT molecular complexity index is 1030. The summed E-state index contributed by atoms with van der Waals surface area (Å²) < 4.78 is 0. The fraction of sp³-hybridized carbons (Fsp3) is 0.360. The second-order valence-electron chi connectivity index (χ2n) is 8.40. The smallest absolute Gasteiger partial charge is 0.257 e. The van der Waals surface area contributed by atoms with E-state index in [0.717, 1.165) is 37.3 Å². The summed E-state index contributed by atoms with van der Waals surface area (Å²) >= 11 is 0. The molecule has 1 fully saturated rings. The average Bonchev–Trinajstić information content (AvgIpc) is 2.81. The lowest BCUT2D eigenvalue weighted by atomic mass is 10.0. The van der Waals surface area contributed by atoms with Gasteiger partial charge < -0.3 is 10.6 Å². The van der Waals surface area contributed by atoms with Gasteiger partial charge in [0, 0.05) is 50.8 Å². The number of carbonyl (C=O) groups excluding carboxylic acids is 1. The summed E-state index contributed by atoms with van der Waals surface area (Å²) in [5.41, 5.74) is 11.0. The van der Waals surface area contributed by atoms with E-state index < -0.39 is 0 Å². The van der Waals surface area contributed by atoms with Crippen LogP contribution < -0.4 is 5.73 Å². The van der Waals surface area contributed by atoms with Gasteiger partial charge in [-0.3, -0.25) is 19.7 Å². The number of aryl methyl sites for hydroxylation is 2. The van der Waals surface area contributed by atoms with Gasteiger partial charge in [-0.05, 0) is 62.1 Å². The van der Waals surface area contributed by atoms with Crippen LogP contribution in [0, 0.1) is 13.8 Å². The van der Waals surface area contributed by atoms with Gasteiger partial charge in [-0.15, -0.1) is 0 Å². The highest BCUT2D eigenvalue weighted by molar-refractivity contribution is 5.98. The molecular weight excluding hydrogens is 400 g/mol. The van der Waals surface area contributed by atoms with Gasteiger partial charge in [0.25, 0.3) is 5.91 Å². The predicted octanol–water partition coefficient (Wildman–Crippen LogP) is 3.38. The molecule has 32 heavy (non-hydrogen) atoms. The van der Waals surface area contributed by atoms with Crippen LogP contribution in [0.3, 0.4) is 0 Å². The molecule has 0 aromatic carbocycles. The number of carbonyl (C=O) groups is 1. The van der Waals surface area contributed by atoms with Crippen molar-refractivity contribution >= 4 is 11.7 Å². The Labute approximate surface area is 189 Å². The fourth-order valence-corrected chi connectivity index (χ4v) is 4.27. The van der Waals surface area contributed by atoms with E-state index in [4.69, 9.17) is 5.73 Å². The number of hydrogen-bond acceptors (Lipinski definition) is 6. The number of hydrogen-bond donors (Lipinski definition) is 1. The third-order valence-electron chi connectivity index (χ3n) is 6.28. The number of piperidine rings is 1. The van der Waals surface area contributed by atoms with Crippen LogP contribution in [-0.4, -0.2) is 49.8 Å². The second kappa shape index (κ2) is 9.87. The minimum absolute atomic E-state index is 0.0401. The molecule has 0 aliphatic carbocycles. The molecule has 7 nitrogen and oxygen atoms in total. The number of nitrogen functional groups attached to an aromatic ring is 1. The van der Waals surface area contributed by atoms with Gasteiger partial charge >= 0.3 is 0 Å². The highest BCUT2D eigenvalue weighted by Crippen LogP contribution is 2.24. The van der Waals surface area contributed by atoms with E-state index in [9.17, 15) is 4.79 Å². The molecule has 3 aromatic rings. The molecule has 7 heteroatoms. The molecular formula is C25H30N6O. The van der Waals surface area contributed by atoms with Crippen LogP contribution in [-0.2, 0) is 13.1 Å². The maximum absolute atomic E-state index is 12.9. The number of aromatic nitrogens is 3. The van der Waals surface area contributed by atoms with Crippen molar-refractivity contribution in [3.8, 4) is 0 Å². The molecule has 0 spiro atoms. The summed E-state index contributed by atoms with van der Waals surface area (Å²) in [7, 11) is 0. The van der Waals surface area contributed by atoms with E-state index >= 15 is 0 Å². The Morgan fingerprint density at radius 1 is 0.938 bits per heavy atom. The SMILES string of the molecule is Cc1cccnc1CN(Cc1ncccc1C)C1CCN(C(=O)c2cccnc2N)CC1. The first-order chi connectivity index (χ1) is 15.5. The van der Waals surface area contributed by atoms with Crippen molar-refractivity contribution in [1.82, 2.24) is 24.8 Å². The zero-order valence-electron chi connectivity index (χ0n) is 18.7. The molecule has 0 unspecified atom stereocenters. The number of nitrogens with two attached hydrogens (primary N) is 1. The number of amides is 1. The van der Waals surface area contributed by atoms with Gasteiger partial charge in [0.2, 0.25) is 0 Å². The molecule has 1 amide bonds. The Hall–Kier alpha value is -3.32. The molecule has 3 aromatic heterocycles. The maximum atomic E-state index is 12.9. The van der Waals surface area contributed by atoms with Crippen molar-refractivity contribution in [3.63, 3.8) is 0 Å². The minimum Gasteiger partial charge on any atom is -0.383 e. The van der Waals surface area contributed by atoms with E-state index in [1.54, 1.807) is 18.3 Å². The molecule has 0 radical (unpaired) electrons. The molecule has 4 rings (SSSR count). The number of pyridine rings is 3. The van der Waals surface area contributed by atoms with Crippen LogP contribution in [0.25, 0.3) is 0 Å². The first kappa shape index (κ1) is 21.9. The lowest BCUT2D eigenvalue weighted by Crippen LogP contribution is -2.46. The van der Waals surface area contributed by atoms with Crippen molar-refractivity contribution in [1.29, 1.82) is 0 Å². The Morgan fingerprint density at radius 2 is 1.47 bits per heavy atom. The van der Waals surface area contributed by atoms with Crippen LogP contribution in [0.5, 0.6) is 0 Å². The van der Waals surface area contributed by atoms with E-state index in [-0.39, 0.29) is 11.7 Å². The summed E-state index contributed by atoms with van der Waals surface area (Å²) in [6.07, 6.45) is 7.10. The molecule has 1 saturated heterocycles. The topological polar surface area (TPSA) is 88.2 Å². The summed E-state index contributed by atoms with van der Waals surface area (Å²) in [4.78, 5) is 30.6. The van der Waals surface area contributed by atoms with Gasteiger partial charge in [-0.1, -0.05) is 12.1 Å². The highest BCUT2D eigenvalue weighted by atomic mass is 16.2. The van der Waals surface area contributed by atoms with Gasteiger partial charge in [0.1, 0.15) is 5.82 Å². The molecule has 1 aliphatic heterocycles. The van der Waals surface area contributed by atoms with Crippen molar-refractivity contribution in [3.05, 3.63) is 83.1 Å². The zero-order valence-corrected chi connectivity index (χ0v) is 18.7. The van der Waals surface area contributed by atoms with Crippen LogP contribution in [0.1, 0.15) is 45.7 Å². The third-order valence-corrected chi connectivity index (χ3v) is 6.28. The molecule has 4 heterocycles. The van der Waals surface area contributed by atoms with Crippen LogP contribution in [0.2, 0.25) is 0 Å². The van der Waals surface area contributed by atoms with Crippen molar-refractivity contribution < 1.29 is 4.79 Å². The van der Waals surface area contributed by atoms with Crippen molar-refractivity contribution in [2.24, 2.45) is 0 Å². The van der Waals surface area contributed by atoms with Crippen LogP contribution in [0.15, 0.2) is 55.0 Å². The zero-order chi connectivity index (χ0) is 22.5. The van der Waals surface area contributed by atoms with Crippen LogP contribution in [0.4, 0.5) is 5.82 Å². The molecule has 2 N–H and O–H groups in total. The summed E-state index contributed by atoms with van der Waals surface area (Å²) in [6.45, 7) is 7.11. The van der Waals surface area contributed by atoms with Crippen molar-refractivity contribution in [2.75, 3.05) is 18.8 Å². The monoisotopic (exact) mass is 430 g/mol. The van der Waals surface area contributed by atoms with E-state index in [2.05, 4.69) is 45.8 Å². The van der Waals surface area contributed by atoms with Crippen LogP contribution >= 0.6 is 0 Å². The predicted molar refractivity (Wildman–Crippen MR) is 125 cm³/mol. The average molecular weight is 431 g/mol. The number of likely N-dealkylation sites (tertiary alicyclic amines) is 1. The fourth-order valence-electron chi connectivity index (χ4n) is 4.27. The number of anilines is 1. The standard InChI is InChI=1S/C25H30N6O/c1-18-6-3-11-27-22(18)16-31(17-23-19(2)7-4-12-28-23)20-9-14-30(15-10-20)25(32)21-8-5-13-29-24(21)26/h3-8,11-13,20H,9-10,14-17H2,1-2H3,(H2,26,29). The maximum Gasteiger partial charge on any atom is 0.257 e. The normalized spacial score (nSPS) is 14.7. The minimum atomic E-state index is -0.0401. The molecule has 1 aliphatic rings. The number of rotatable bonds is 6. The van der Waals surface area contributed by atoms with Gasteiger partial charge in [0.15, 0.2) is 0 Å². The van der Waals surface area contributed by atoms with E-state index in [0.29, 0.717) is 24.7 Å². The second-order valence-corrected chi connectivity index (χ2v) is 8.40. The lowest BCUT2D eigenvalue weighted by Gasteiger charge is -2.38. The largest absolute Gasteiger partial charge is 0.383 e. The number of nitrogens with zero attached hydrogens (tertiary/aromatic N) is 5. The molecule has 0 bridgehead atoms. The van der Waals surface area contributed by atoms with Gasteiger partial charge in [-0.25, -0.2) is 4.98 Å². The first-order valence-corrected chi connectivity index (χ1v) is 11.1. The molecule has 0 atom stereocenters. The quantitative estimate of drug-likeness (QED) is 0.645. The lowest BCUT2D eigenvalue weighted by molar-refractivity contribution is 0.0590. The molecule has 166 valence electrons. The Kier molecular flexibility index (Phi) is 6.75. The third kappa shape index (κ3) is 4.94. The summed E-state index contributed by atoms with van der Waals surface area (Å²) in [5.74, 6) is 0.249. The van der Waals surface area contributed by atoms with Gasteiger partial charge in [-0.2, -0.15) is 0 Å². The van der Waals surface area contributed by atoms with E-state index in [1.165, 1.54) is 11.1 Å². The summed E-state index contributed by atoms with van der Waals surface area (Å²) in [6, 6.07) is 12.0. The Balaban J connectivity index is 1.49. The van der Waals surface area contributed by atoms with Gasteiger partial charge in [0.05, 0.1) is 17.0 Å². The highest BCUT2D eigenvalue weighted by Gasteiger charge is 2.29. The van der Waals surface area contributed by atoms with Crippen molar-refractivity contribution in [2.45, 2.75) is 45.8 Å². The Morgan fingerprint density at radius 3 is 2.00 bits per heavy atom. The van der Waals surface area contributed by atoms with E-state index in [1.807, 2.05) is 29.4 Å².